The van der Waals surface area contributed by atoms with Crippen molar-refractivity contribution in [1.82, 2.24) is 5.32 Å². The topological polar surface area (TPSA) is 66.5 Å². The highest BCUT2D eigenvalue weighted by atomic mass is 32.2. The number of hydrogen-bond donors (Lipinski definition) is 1. The maximum Gasteiger partial charge on any atom is 0.221 e. The van der Waals surface area contributed by atoms with E-state index in [-0.39, 0.29) is 29.5 Å². The molecule has 1 amide bonds. The molecule has 0 spiro atoms. The molecule has 0 unspecified atom stereocenters. The summed E-state index contributed by atoms with van der Waals surface area (Å²) in [4.78, 5) is 14.1. The highest BCUT2D eigenvalue weighted by molar-refractivity contribution is 7.91. The first-order chi connectivity index (χ1) is 12.4. The van der Waals surface area contributed by atoms with Crippen LogP contribution < -0.4 is 10.2 Å². The third-order valence-electron chi connectivity index (χ3n) is 3.68. The highest BCUT2D eigenvalue weighted by Crippen LogP contribution is 2.16. The van der Waals surface area contributed by atoms with Crippen LogP contribution in [0.3, 0.4) is 0 Å². The average molecular weight is 370 g/mol. The molecule has 0 aliphatic rings. The SMILES string of the molecule is CN(C)c1ccccc1C#CCNC(=O)CCS(=O)(=O)c1ccccc1. The minimum Gasteiger partial charge on any atom is -0.377 e. The quantitative estimate of drug-likeness (QED) is 0.791. The van der Waals surface area contributed by atoms with Crippen molar-refractivity contribution in [3.05, 3.63) is 60.2 Å². The maximum atomic E-state index is 12.1. The molecule has 0 radical (unpaired) electrons. The van der Waals surface area contributed by atoms with Gasteiger partial charge in [0.15, 0.2) is 9.84 Å². The normalized spacial score (nSPS) is 10.5. The van der Waals surface area contributed by atoms with Crippen molar-refractivity contribution in [2.75, 3.05) is 31.3 Å². The molecule has 0 saturated heterocycles. The van der Waals surface area contributed by atoms with Crippen LogP contribution in [0.15, 0.2) is 59.5 Å². The van der Waals surface area contributed by atoms with Crippen LogP contribution in [0.1, 0.15) is 12.0 Å². The lowest BCUT2D eigenvalue weighted by Gasteiger charge is -2.13. The molecule has 0 fully saturated rings. The van der Waals surface area contributed by atoms with Crippen molar-refractivity contribution in [3.63, 3.8) is 0 Å². The molecule has 2 aromatic rings. The Morgan fingerprint density at radius 2 is 1.69 bits per heavy atom. The predicted octanol–water partition coefficient (Wildman–Crippen LogP) is 2.08. The molecule has 5 nitrogen and oxygen atoms in total. The van der Waals surface area contributed by atoms with Crippen molar-refractivity contribution < 1.29 is 13.2 Å². The van der Waals surface area contributed by atoms with E-state index in [1.165, 1.54) is 12.1 Å². The zero-order chi connectivity index (χ0) is 19.0. The van der Waals surface area contributed by atoms with E-state index in [1.54, 1.807) is 18.2 Å². The van der Waals surface area contributed by atoms with Gasteiger partial charge in [-0.2, -0.15) is 0 Å². The second kappa shape index (κ2) is 9.07. The predicted molar refractivity (Wildman–Crippen MR) is 104 cm³/mol. The number of anilines is 1. The van der Waals surface area contributed by atoms with Gasteiger partial charge < -0.3 is 10.2 Å². The van der Waals surface area contributed by atoms with Gasteiger partial charge in [0.1, 0.15) is 0 Å². The number of nitrogens with one attached hydrogen (secondary N) is 1. The fourth-order valence-corrected chi connectivity index (χ4v) is 3.57. The van der Waals surface area contributed by atoms with Crippen molar-refractivity contribution in [2.45, 2.75) is 11.3 Å². The van der Waals surface area contributed by atoms with Crippen LogP contribution in [0.2, 0.25) is 0 Å². The van der Waals surface area contributed by atoms with E-state index >= 15 is 0 Å². The number of benzene rings is 2. The van der Waals surface area contributed by atoms with Gasteiger partial charge >= 0.3 is 0 Å². The van der Waals surface area contributed by atoms with Crippen LogP contribution in [0.4, 0.5) is 5.69 Å². The van der Waals surface area contributed by atoms with Gasteiger partial charge in [-0.3, -0.25) is 4.79 Å². The van der Waals surface area contributed by atoms with Crippen LogP contribution >= 0.6 is 0 Å². The largest absolute Gasteiger partial charge is 0.377 e. The Hall–Kier alpha value is -2.78. The number of carbonyl (C=O) groups excluding carboxylic acids is 1. The molecular formula is C20H22N2O3S. The van der Waals surface area contributed by atoms with E-state index in [4.69, 9.17) is 0 Å². The Kier molecular flexibility index (Phi) is 6.81. The Bertz CT molecular complexity index is 911. The molecule has 1 N–H and O–H groups in total. The van der Waals surface area contributed by atoms with Crippen molar-refractivity contribution in [1.29, 1.82) is 0 Å². The van der Waals surface area contributed by atoms with E-state index in [2.05, 4.69) is 17.2 Å². The molecule has 6 heteroatoms. The summed E-state index contributed by atoms with van der Waals surface area (Å²) in [5, 5.41) is 2.64. The first kappa shape index (κ1) is 19.5. The van der Waals surface area contributed by atoms with Gasteiger partial charge in [-0.05, 0) is 24.3 Å². The van der Waals surface area contributed by atoms with Crippen LogP contribution in [0, 0.1) is 11.8 Å². The molecule has 2 aromatic carbocycles. The maximum absolute atomic E-state index is 12.1. The number of rotatable bonds is 6. The summed E-state index contributed by atoms with van der Waals surface area (Å²) in [7, 11) is 0.433. The van der Waals surface area contributed by atoms with E-state index < -0.39 is 9.84 Å². The molecule has 2 rings (SSSR count). The summed E-state index contributed by atoms with van der Waals surface area (Å²) >= 11 is 0. The van der Waals surface area contributed by atoms with E-state index in [0.29, 0.717) is 0 Å². The number of sulfone groups is 1. The van der Waals surface area contributed by atoms with Gasteiger partial charge in [-0.1, -0.05) is 42.2 Å². The van der Waals surface area contributed by atoms with Crippen molar-refractivity contribution >= 4 is 21.4 Å². The molecule has 0 bridgehead atoms. The number of nitrogens with zero attached hydrogens (tertiary/aromatic N) is 1. The molecule has 136 valence electrons. The summed E-state index contributed by atoms with van der Waals surface area (Å²) in [5.41, 5.74) is 1.87. The fourth-order valence-electron chi connectivity index (χ4n) is 2.31. The Morgan fingerprint density at radius 3 is 2.38 bits per heavy atom. The summed E-state index contributed by atoms with van der Waals surface area (Å²) < 4.78 is 24.3. The van der Waals surface area contributed by atoms with Gasteiger partial charge in [0, 0.05) is 26.1 Å². The van der Waals surface area contributed by atoms with Crippen LogP contribution in [0.5, 0.6) is 0 Å². The summed E-state index contributed by atoms with van der Waals surface area (Å²) in [6, 6.07) is 15.9. The van der Waals surface area contributed by atoms with Crippen molar-refractivity contribution in [2.24, 2.45) is 0 Å². The van der Waals surface area contributed by atoms with Gasteiger partial charge in [-0.15, -0.1) is 0 Å². The lowest BCUT2D eigenvalue weighted by molar-refractivity contribution is -0.120. The fraction of sp³-hybridized carbons (Fsp3) is 0.250. The average Bonchev–Trinajstić information content (AvgIpc) is 2.64. The minimum absolute atomic E-state index is 0.0901. The van der Waals surface area contributed by atoms with Crippen LogP contribution in [-0.2, 0) is 14.6 Å². The number of carbonyl (C=O) groups is 1. The summed E-state index contributed by atoms with van der Waals surface area (Å²) in [5.74, 6) is 5.37. The van der Waals surface area contributed by atoms with Crippen LogP contribution in [-0.4, -0.2) is 40.7 Å². The summed E-state index contributed by atoms with van der Waals surface area (Å²) in [6.45, 7) is 0.173. The molecule has 0 aliphatic carbocycles. The third kappa shape index (κ3) is 5.64. The van der Waals surface area contributed by atoms with Crippen LogP contribution in [0.25, 0.3) is 0 Å². The number of hydrogen-bond acceptors (Lipinski definition) is 4. The lowest BCUT2D eigenvalue weighted by Crippen LogP contribution is -2.25. The zero-order valence-corrected chi connectivity index (χ0v) is 15.7. The second-order valence-electron chi connectivity index (χ2n) is 5.87. The second-order valence-corrected chi connectivity index (χ2v) is 7.98. The minimum atomic E-state index is -3.45. The van der Waals surface area contributed by atoms with E-state index in [0.717, 1.165) is 11.3 Å². The number of amides is 1. The number of para-hydroxylation sites is 1. The third-order valence-corrected chi connectivity index (χ3v) is 5.42. The molecule has 26 heavy (non-hydrogen) atoms. The van der Waals surface area contributed by atoms with E-state index in [1.807, 2.05) is 43.3 Å². The molecule has 0 atom stereocenters. The molecular weight excluding hydrogens is 348 g/mol. The molecule has 0 aliphatic heterocycles. The molecule has 0 aromatic heterocycles. The standard InChI is InChI=1S/C20H22N2O3S/c1-22(2)19-13-7-6-9-17(19)10-8-15-21-20(23)14-16-26(24,25)18-11-4-3-5-12-18/h3-7,9,11-13H,14-16H2,1-2H3,(H,21,23). The highest BCUT2D eigenvalue weighted by Gasteiger charge is 2.15. The summed E-state index contributed by atoms with van der Waals surface area (Å²) in [6.07, 6.45) is -0.0901. The molecule has 0 saturated carbocycles. The lowest BCUT2D eigenvalue weighted by atomic mass is 10.1. The smallest absolute Gasteiger partial charge is 0.221 e. The van der Waals surface area contributed by atoms with Gasteiger partial charge in [0.05, 0.1) is 22.9 Å². The van der Waals surface area contributed by atoms with E-state index in [9.17, 15) is 13.2 Å². The van der Waals surface area contributed by atoms with Gasteiger partial charge in [0.25, 0.3) is 0 Å². The Labute approximate surface area is 155 Å². The Morgan fingerprint density at radius 1 is 1.04 bits per heavy atom. The van der Waals surface area contributed by atoms with Gasteiger partial charge in [-0.25, -0.2) is 8.42 Å². The Balaban J connectivity index is 1.86. The van der Waals surface area contributed by atoms with Gasteiger partial charge in [0.2, 0.25) is 5.91 Å². The van der Waals surface area contributed by atoms with Crippen molar-refractivity contribution in [3.8, 4) is 11.8 Å². The molecule has 0 heterocycles. The first-order valence-electron chi connectivity index (χ1n) is 8.20. The monoisotopic (exact) mass is 370 g/mol. The zero-order valence-electron chi connectivity index (χ0n) is 14.9. The first-order valence-corrected chi connectivity index (χ1v) is 9.85.